The van der Waals surface area contributed by atoms with Crippen LogP contribution in [-0.4, -0.2) is 24.6 Å². The minimum absolute atomic E-state index is 0. The van der Waals surface area contributed by atoms with E-state index in [4.69, 9.17) is 10.5 Å². The number of ether oxygens (including phenoxy) is 1. The summed E-state index contributed by atoms with van der Waals surface area (Å²) in [5, 5.41) is 3.00. The van der Waals surface area contributed by atoms with Crippen LogP contribution >= 0.6 is 12.4 Å². The lowest BCUT2D eigenvalue weighted by Gasteiger charge is -2.29. The molecule has 1 fully saturated rings. The van der Waals surface area contributed by atoms with Gasteiger partial charge < -0.3 is 15.8 Å². The van der Waals surface area contributed by atoms with E-state index < -0.39 is 0 Å². The van der Waals surface area contributed by atoms with Crippen LogP contribution in [0.15, 0.2) is 24.3 Å². The van der Waals surface area contributed by atoms with Crippen molar-refractivity contribution in [1.29, 1.82) is 0 Å². The molecule has 3 N–H and O–H groups in total. The van der Waals surface area contributed by atoms with Crippen molar-refractivity contribution in [3.05, 3.63) is 29.8 Å². The highest BCUT2D eigenvalue weighted by Gasteiger charge is 2.41. The van der Waals surface area contributed by atoms with Gasteiger partial charge in [-0.3, -0.25) is 4.79 Å². The number of benzene rings is 1. The molecule has 1 aliphatic rings. The predicted octanol–water partition coefficient (Wildman–Crippen LogP) is 2.04. The van der Waals surface area contributed by atoms with Crippen molar-refractivity contribution in [1.82, 2.24) is 5.32 Å². The summed E-state index contributed by atoms with van der Waals surface area (Å²) < 4.78 is 5.49. The molecule has 5 heteroatoms. The second-order valence-corrected chi connectivity index (χ2v) is 5.55. The number of carbonyl (C=O) groups is 1. The molecule has 1 saturated carbocycles. The predicted molar refractivity (Wildman–Crippen MR) is 82.2 cm³/mol. The van der Waals surface area contributed by atoms with Gasteiger partial charge in [-0.25, -0.2) is 0 Å². The first-order valence-corrected chi connectivity index (χ1v) is 6.74. The van der Waals surface area contributed by atoms with E-state index in [0.717, 1.165) is 24.2 Å². The number of amides is 1. The lowest BCUT2D eigenvalue weighted by atomic mass is 9.96. The Kier molecular flexibility index (Phi) is 5.84. The fraction of sp³-hybridized carbons (Fsp3) is 0.533. The van der Waals surface area contributed by atoms with E-state index in [2.05, 4.69) is 5.32 Å². The lowest BCUT2D eigenvalue weighted by molar-refractivity contribution is -0.125. The van der Waals surface area contributed by atoms with E-state index in [1.54, 1.807) is 0 Å². The van der Waals surface area contributed by atoms with Crippen molar-refractivity contribution in [2.45, 2.75) is 32.2 Å². The normalized spacial score (nSPS) is 16.8. The molecular formula is C15H23ClN2O2. The number of aryl methyl sites for hydroxylation is 1. The highest BCUT2D eigenvalue weighted by molar-refractivity contribution is 5.85. The topological polar surface area (TPSA) is 64.3 Å². The van der Waals surface area contributed by atoms with E-state index in [1.807, 2.05) is 38.1 Å². The Morgan fingerprint density at radius 2 is 2.20 bits per heavy atom. The van der Waals surface area contributed by atoms with E-state index in [-0.39, 0.29) is 30.5 Å². The van der Waals surface area contributed by atoms with Crippen LogP contribution in [-0.2, 0) is 4.79 Å². The second-order valence-electron chi connectivity index (χ2n) is 5.55. The van der Waals surface area contributed by atoms with Gasteiger partial charge in [0.25, 0.3) is 5.91 Å². The Hall–Kier alpha value is -1.26. The van der Waals surface area contributed by atoms with Gasteiger partial charge in [0.1, 0.15) is 5.75 Å². The number of hydrogen-bond acceptors (Lipinski definition) is 3. The van der Waals surface area contributed by atoms with Gasteiger partial charge in [-0.05, 0) is 50.3 Å². The summed E-state index contributed by atoms with van der Waals surface area (Å²) in [5.41, 5.74) is 6.60. The number of nitrogens with one attached hydrogen (secondary N) is 1. The Bertz CT molecular complexity index is 463. The number of rotatable bonds is 6. The minimum Gasteiger partial charge on any atom is -0.484 e. The van der Waals surface area contributed by atoms with Crippen LogP contribution in [0, 0.1) is 12.8 Å². The Balaban J connectivity index is 0.00000200. The van der Waals surface area contributed by atoms with Crippen molar-refractivity contribution in [2.24, 2.45) is 11.7 Å². The van der Waals surface area contributed by atoms with Crippen molar-refractivity contribution in [3.8, 4) is 5.75 Å². The van der Waals surface area contributed by atoms with E-state index >= 15 is 0 Å². The smallest absolute Gasteiger partial charge is 0.258 e. The molecule has 0 bridgehead atoms. The Morgan fingerprint density at radius 3 is 2.75 bits per heavy atom. The van der Waals surface area contributed by atoms with Gasteiger partial charge in [-0.1, -0.05) is 12.1 Å². The van der Waals surface area contributed by atoms with Gasteiger partial charge in [-0.15, -0.1) is 12.4 Å². The zero-order valence-electron chi connectivity index (χ0n) is 12.0. The number of halogens is 1. The number of hydrogen-bond donors (Lipinski definition) is 2. The Morgan fingerprint density at radius 1 is 1.50 bits per heavy atom. The van der Waals surface area contributed by atoms with E-state index in [0.29, 0.717) is 12.5 Å². The molecule has 1 aliphatic carbocycles. The molecule has 112 valence electrons. The molecule has 0 spiro atoms. The Labute approximate surface area is 126 Å². The van der Waals surface area contributed by atoms with E-state index in [9.17, 15) is 4.79 Å². The summed E-state index contributed by atoms with van der Waals surface area (Å²) in [5.74, 6) is 1.12. The van der Waals surface area contributed by atoms with Crippen molar-refractivity contribution < 1.29 is 9.53 Å². The van der Waals surface area contributed by atoms with Crippen LogP contribution in [0.5, 0.6) is 5.75 Å². The van der Waals surface area contributed by atoms with Crippen LogP contribution in [0.3, 0.4) is 0 Å². The standard InChI is InChI=1S/C15H22N2O2.ClH/c1-11-4-3-5-13(8-11)19-9-14(18)17-15(2,10-16)12-6-7-12;/h3-5,8,12H,6-7,9-10,16H2,1-2H3,(H,17,18);1H. The molecule has 20 heavy (non-hydrogen) atoms. The molecule has 1 amide bonds. The van der Waals surface area contributed by atoms with Crippen LogP contribution in [0.4, 0.5) is 0 Å². The molecule has 1 aromatic carbocycles. The van der Waals surface area contributed by atoms with Crippen molar-refractivity contribution >= 4 is 18.3 Å². The summed E-state index contributed by atoms with van der Waals surface area (Å²) in [6.45, 7) is 4.50. The van der Waals surface area contributed by atoms with Crippen LogP contribution in [0.25, 0.3) is 0 Å². The van der Waals surface area contributed by atoms with Gasteiger partial charge in [-0.2, -0.15) is 0 Å². The molecule has 0 aromatic heterocycles. The minimum atomic E-state index is -0.285. The van der Waals surface area contributed by atoms with Crippen LogP contribution in [0.2, 0.25) is 0 Å². The zero-order valence-corrected chi connectivity index (χ0v) is 12.8. The lowest BCUT2D eigenvalue weighted by Crippen LogP contribution is -2.54. The van der Waals surface area contributed by atoms with Gasteiger partial charge >= 0.3 is 0 Å². The van der Waals surface area contributed by atoms with Gasteiger partial charge in [0.2, 0.25) is 0 Å². The number of carbonyl (C=O) groups excluding carboxylic acids is 1. The summed E-state index contributed by atoms with van der Waals surface area (Å²) in [6.07, 6.45) is 2.29. The summed E-state index contributed by atoms with van der Waals surface area (Å²) in [4.78, 5) is 11.9. The summed E-state index contributed by atoms with van der Waals surface area (Å²) in [6, 6.07) is 7.67. The maximum atomic E-state index is 11.9. The molecule has 1 aromatic rings. The first-order chi connectivity index (χ1) is 9.03. The highest BCUT2D eigenvalue weighted by Crippen LogP contribution is 2.38. The van der Waals surface area contributed by atoms with Crippen molar-refractivity contribution in [2.75, 3.05) is 13.2 Å². The van der Waals surface area contributed by atoms with E-state index in [1.165, 1.54) is 0 Å². The summed E-state index contributed by atoms with van der Waals surface area (Å²) >= 11 is 0. The molecule has 1 atom stereocenters. The van der Waals surface area contributed by atoms with Crippen LogP contribution in [0.1, 0.15) is 25.3 Å². The second kappa shape index (κ2) is 6.95. The van der Waals surface area contributed by atoms with Crippen LogP contribution < -0.4 is 15.8 Å². The van der Waals surface area contributed by atoms with Gasteiger partial charge in [0, 0.05) is 6.54 Å². The molecule has 1 unspecified atom stereocenters. The fourth-order valence-corrected chi connectivity index (χ4v) is 2.25. The molecule has 0 radical (unpaired) electrons. The molecule has 2 rings (SSSR count). The molecule has 0 aliphatic heterocycles. The molecule has 4 nitrogen and oxygen atoms in total. The molecule has 0 heterocycles. The zero-order chi connectivity index (χ0) is 13.9. The monoisotopic (exact) mass is 298 g/mol. The van der Waals surface area contributed by atoms with Crippen molar-refractivity contribution in [3.63, 3.8) is 0 Å². The van der Waals surface area contributed by atoms with Gasteiger partial charge in [0.05, 0.1) is 5.54 Å². The largest absolute Gasteiger partial charge is 0.484 e. The maximum Gasteiger partial charge on any atom is 0.258 e. The average molecular weight is 299 g/mol. The third-order valence-electron chi connectivity index (χ3n) is 3.69. The number of nitrogens with two attached hydrogens (primary N) is 1. The first kappa shape index (κ1) is 16.8. The quantitative estimate of drug-likeness (QED) is 0.845. The average Bonchev–Trinajstić information content (AvgIpc) is 3.21. The maximum absolute atomic E-state index is 11.9. The SMILES string of the molecule is Cc1cccc(OCC(=O)NC(C)(CN)C2CC2)c1.Cl. The summed E-state index contributed by atoms with van der Waals surface area (Å²) in [7, 11) is 0. The third-order valence-corrected chi connectivity index (χ3v) is 3.69. The fourth-order valence-electron chi connectivity index (χ4n) is 2.25. The highest BCUT2D eigenvalue weighted by atomic mass is 35.5. The molecule has 0 saturated heterocycles. The molecular weight excluding hydrogens is 276 g/mol. The third kappa shape index (κ3) is 4.39. The van der Waals surface area contributed by atoms with Gasteiger partial charge in [0.15, 0.2) is 6.61 Å². The first-order valence-electron chi connectivity index (χ1n) is 6.74.